The highest BCUT2D eigenvalue weighted by molar-refractivity contribution is 5.92. The molecule has 0 spiro atoms. The number of rotatable bonds is 5. The maximum absolute atomic E-state index is 12.6. The van der Waals surface area contributed by atoms with Gasteiger partial charge in [0.05, 0.1) is 11.7 Å². The zero-order valence-corrected chi connectivity index (χ0v) is 11.1. The van der Waals surface area contributed by atoms with Gasteiger partial charge >= 0.3 is 6.55 Å². The Kier molecular flexibility index (Phi) is 4.11. The molecule has 2 rings (SSSR count). The predicted molar refractivity (Wildman–Crippen MR) is 67.3 cm³/mol. The van der Waals surface area contributed by atoms with Gasteiger partial charge < -0.3 is 5.32 Å². The van der Waals surface area contributed by atoms with E-state index >= 15 is 0 Å². The minimum atomic E-state index is -2.85. The van der Waals surface area contributed by atoms with Crippen LogP contribution in [0.1, 0.15) is 42.6 Å². The minimum Gasteiger partial charge on any atom is -0.343 e. The maximum atomic E-state index is 12.6. The van der Waals surface area contributed by atoms with Crippen LogP contribution in [0, 0.1) is 0 Å². The lowest BCUT2D eigenvalue weighted by atomic mass is 10.2. The molecule has 108 valence electrons. The number of hydrogen-bond acceptors (Lipinski definition) is 3. The Morgan fingerprint density at radius 2 is 2.20 bits per heavy atom. The number of aromatic nitrogens is 4. The lowest BCUT2D eigenvalue weighted by Crippen LogP contribution is -2.29. The first-order valence-corrected chi connectivity index (χ1v) is 6.18. The van der Waals surface area contributed by atoms with Crippen LogP contribution in [-0.4, -0.2) is 25.5 Å². The number of carbonyl (C=O) groups is 1. The number of aryl methyl sites for hydroxylation is 1. The first kappa shape index (κ1) is 14.2. The zero-order chi connectivity index (χ0) is 14.7. The Morgan fingerprint density at radius 3 is 2.80 bits per heavy atom. The van der Waals surface area contributed by atoms with E-state index in [1.54, 1.807) is 23.9 Å². The van der Waals surface area contributed by atoms with Crippen molar-refractivity contribution in [3.63, 3.8) is 0 Å². The second-order valence-corrected chi connectivity index (χ2v) is 4.23. The van der Waals surface area contributed by atoms with E-state index in [1.807, 2.05) is 6.92 Å². The summed E-state index contributed by atoms with van der Waals surface area (Å²) in [5, 5.41) is 10.3. The molecule has 8 heteroatoms. The molecule has 1 N–H and O–H groups in total. The van der Waals surface area contributed by atoms with Gasteiger partial charge in [-0.3, -0.25) is 9.48 Å². The first-order valence-electron chi connectivity index (χ1n) is 6.18. The van der Waals surface area contributed by atoms with E-state index in [0.29, 0.717) is 10.4 Å². The van der Waals surface area contributed by atoms with Gasteiger partial charge in [-0.15, -0.1) is 0 Å². The van der Waals surface area contributed by atoms with Gasteiger partial charge in [-0.1, -0.05) is 0 Å². The van der Waals surface area contributed by atoms with Crippen LogP contribution in [0.25, 0.3) is 0 Å². The minimum absolute atomic E-state index is 0.179. The highest BCUT2D eigenvalue weighted by Crippen LogP contribution is 2.14. The molecule has 2 aromatic heterocycles. The molecule has 0 saturated heterocycles. The average Bonchev–Trinajstić information content (AvgIpc) is 3.07. The van der Waals surface area contributed by atoms with Crippen LogP contribution in [0.2, 0.25) is 0 Å². The number of amides is 1. The largest absolute Gasteiger partial charge is 0.343 e. The van der Waals surface area contributed by atoms with Gasteiger partial charge in [0.2, 0.25) is 0 Å². The summed E-state index contributed by atoms with van der Waals surface area (Å²) in [5.41, 5.74) is 0.491. The van der Waals surface area contributed by atoms with E-state index in [2.05, 4.69) is 15.5 Å². The molecule has 0 bridgehead atoms. The van der Waals surface area contributed by atoms with Gasteiger partial charge in [0.25, 0.3) is 5.91 Å². The summed E-state index contributed by atoms with van der Waals surface area (Å²) in [5.74, 6) is -0.610. The summed E-state index contributed by atoms with van der Waals surface area (Å²) in [7, 11) is 0. The molecule has 1 atom stereocenters. The molecule has 0 saturated carbocycles. The van der Waals surface area contributed by atoms with Crippen LogP contribution in [0.4, 0.5) is 8.78 Å². The summed E-state index contributed by atoms with van der Waals surface area (Å²) in [4.78, 5) is 12.0. The molecule has 0 aliphatic heterocycles. The third-order valence-corrected chi connectivity index (χ3v) is 2.86. The Bertz CT molecular complexity index is 592. The SMILES string of the molecule is CCn1ccc(C(C)NC(=O)c2ccnn2C(F)F)n1. The molecular formula is C12H15F2N5O. The summed E-state index contributed by atoms with van der Waals surface area (Å²) in [6.07, 6.45) is 2.96. The molecular weight excluding hydrogens is 268 g/mol. The van der Waals surface area contributed by atoms with Crippen molar-refractivity contribution in [3.05, 3.63) is 35.9 Å². The number of carbonyl (C=O) groups excluding carboxylic acids is 1. The number of alkyl halides is 2. The smallest absolute Gasteiger partial charge is 0.333 e. The molecule has 0 radical (unpaired) electrons. The highest BCUT2D eigenvalue weighted by atomic mass is 19.3. The molecule has 6 nitrogen and oxygen atoms in total. The van der Waals surface area contributed by atoms with E-state index in [4.69, 9.17) is 0 Å². The van der Waals surface area contributed by atoms with Crippen LogP contribution >= 0.6 is 0 Å². The third-order valence-electron chi connectivity index (χ3n) is 2.86. The second-order valence-electron chi connectivity index (χ2n) is 4.23. The van der Waals surface area contributed by atoms with E-state index in [-0.39, 0.29) is 11.7 Å². The highest BCUT2D eigenvalue weighted by Gasteiger charge is 2.20. The van der Waals surface area contributed by atoms with Crippen molar-refractivity contribution in [1.82, 2.24) is 24.9 Å². The quantitative estimate of drug-likeness (QED) is 0.912. The summed E-state index contributed by atoms with van der Waals surface area (Å²) < 4.78 is 27.4. The molecule has 0 aromatic carbocycles. The number of halogens is 2. The van der Waals surface area contributed by atoms with Crippen molar-refractivity contribution in [2.24, 2.45) is 0 Å². The molecule has 0 fully saturated rings. The fourth-order valence-corrected chi connectivity index (χ4v) is 1.78. The molecule has 0 aliphatic carbocycles. The molecule has 1 unspecified atom stereocenters. The maximum Gasteiger partial charge on any atom is 0.333 e. The van der Waals surface area contributed by atoms with Crippen molar-refractivity contribution in [2.75, 3.05) is 0 Å². The van der Waals surface area contributed by atoms with Gasteiger partial charge in [-0.05, 0) is 26.0 Å². The Balaban J connectivity index is 2.09. The lowest BCUT2D eigenvalue weighted by Gasteiger charge is -2.12. The van der Waals surface area contributed by atoms with Crippen molar-refractivity contribution in [3.8, 4) is 0 Å². The normalized spacial score (nSPS) is 12.7. The van der Waals surface area contributed by atoms with E-state index in [0.717, 1.165) is 12.7 Å². The molecule has 2 aromatic rings. The number of nitrogens with zero attached hydrogens (tertiary/aromatic N) is 4. The van der Waals surface area contributed by atoms with Gasteiger partial charge in [0.1, 0.15) is 5.69 Å². The number of hydrogen-bond donors (Lipinski definition) is 1. The molecule has 1 amide bonds. The molecule has 20 heavy (non-hydrogen) atoms. The van der Waals surface area contributed by atoms with Crippen molar-refractivity contribution >= 4 is 5.91 Å². The predicted octanol–water partition coefficient (Wildman–Crippen LogP) is 1.99. The van der Waals surface area contributed by atoms with Crippen molar-refractivity contribution in [2.45, 2.75) is 33.0 Å². The van der Waals surface area contributed by atoms with Crippen LogP contribution < -0.4 is 5.32 Å². The Hall–Kier alpha value is -2.25. The first-order chi connectivity index (χ1) is 9.52. The van der Waals surface area contributed by atoms with Crippen LogP contribution in [0.15, 0.2) is 24.5 Å². The van der Waals surface area contributed by atoms with Crippen molar-refractivity contribution < 1.29 is 13.6 Å². The average molecular weight is 283 g/mol. The van der Waals surface area contributed by atoms with E-state index in [9.17, 15) is 13.6 Å². The van der Waals surface area contributed by atoms with Gasteiger partial charge in [-0.25, -0.2) is 0 Å². The monoisotopic (exact) mass is 283 g/mol. The van der Waals surface area contributed by atoms with Crippen LogP contribution in [-0.2, 0) is 6.54 Å². The summed E-state index contributed by atoms with van der Waals surface area (Å²) in [6.45, 7) is 1.56. The van der Waals surface area contributed by atoms with E-state index in [1.165, 1.54) is 6.07 Å². The van der Waals surface area contributed by atoms with Gasteiger partial charge in [0.15, 0.2) is 0 Å². The second kappa shape index (κ2) is 5.81. The van der Waals surface area contributed by atoms with Gasteiger partial charge in [0, 0.05) is 18.9 Å². The Labute approximate surface area is 114 Å². The van der Waals surface area contributed by atoms with Crippen LogP contribution in [0.5, 0.6) is 0 Å². The molecule has 2 heterocycles. The molecule has 0 aliphatic rings. The van der Waals surface area contributed by atoms with Gasteiger partial charge in [-0.2, -0.15) is 23.7 Å². The lowest BCUT2D eigenvalue weighted by molar-refractivity contribution is 0.0507. The zero-order valence-electron chi connectivity index (χ0n) is 11.1. The standard InChI is InChI=1S/C12H15F2N5O/c1-3-18-7-5-9(17-18)8(2)16-11(20)10-4-6-15-19(10)12(13)14/h4-8,12H,3H2,1-2H3,(H,16,20). The third kappa shape index (κ3) is 2.84. The fourth-order valence-electron chi connectivity index (χ4n) is 1.78. The summed E-state index contributed by atoms with van der Waals surface area (Å²) >= 11 is 0. The topological polar surface area (TPSA) is 64.7 Å². The fraction of sp³-hybridized carbons (Fsp3) is 0.417. The van der Waals surface area contributed by atoms with Crippen LogP contribution in [0.3, 0.4) is 0 Å². The summed E-state index contributed by atoms with van der Waals surface area (Å²) in [6, 6.07) is 2.65. The van der Waals surface area contributed by atoms with Crippen molar-refractivity contribution in [1.29, 1.82) is 0 Å². The number of nitrogens with one attached hydrogen (secondary N) is 1. The van der Waals surface area contributed by atoms with E-state index < -0.39 is 12.5 Å². The Morgan fingerprint density at radius 1 is 1.45 bits per heavy atom.